The lowest BCUT2D eigenvalue weighted by molar-refractivity contribution is 0.102. The third kappa shape index (κ3) is 2.88. The molecule has 0 fully saturated rings. The zero-order valence-corrected chi connectivity index (χ0v) is 11.3. The van der Waals surface area contributed by atoms with E-state index in [4.69, 9.17) is 17.3 Å². The smallest absolute Gasteiger partial charge is 0.257 e. The molecule has 0 aliphatic carbocycles. The van der Waals surface area contributed by atoms with Crippen molar-refractivity contribution in [1.29, 1.82) is 0 Å². The van der Waals surface area contributed by atoms with Crippen molar-refractivity contribution in [3.8, 4) is 0 Å². The summed E-state index contributed by atoms with van der Waals surface area (Å²) in [5.41, 5.74) is 6.51. The fraction of sp³-hybridized carbons (Fsp3) is 0.0714. The minimum absolute atomic E-state index is 0.136. The Labute approximate surface area is 119 Å². The minimum Gasteiger partial charge on any atom is -0.398 e. The summed E-state index contributed by atoms with van der Waals surface area (Å²) in [6.07, 6.45) is 0. The molecule has 0 aliphatic heterocycles. The van der Waals surface area contributed by atoms with Crippen LogP contribution < -0.4 is 11.1 Å². The van der Waals surface area contributed by atoms with Crippen LogP contribution in [0.2, 0.25) is 5.02 Å². The summed E-state index contributed by atoms with van der Waals surface area (Å²) in [5.74, 6) is -2.86. The van der Waals surface area contributed by atoms with Crippen LogP contribution in [0, 0.1) is 18.6 Å². The summed E-state index contributed by atoms with van der Waals surface area (Å²) in [6.45, 7) is 1.78. The summed E-state index contributed by atoms with van der Waals surface area (Å²) in [5, 5.41) is 3.01. The van der Waals surface area contributed by atoms with Crippen LogP contribution in [-0.2, 0) is 0 Å². The van der Waals surface area contributed by atoms with Crippen LogP contribution in [0.25, 0.3) is 0 Å². The summed E-state index contributed by atoms with van der Waals surface area (Å²) in [7, 11) is 0. The molecule has 0 heterocycles. The number of halogens is 3. The van der Waals surface area contributed by atoms with Crippen molar-refractivity contribution >= 4 is 28.9 Å². The number of hydrogen-bond acceptors (Lipinski definition) is 2. The lowest BCUT2D eigenvalue weighted by Gasteiger charge is -2.10. The molecule has 0 aromatic heterocycles. The molecule has 0 unspecified atom stereocenters. The van der Waals surface area contributed by atoms with E-state index in [1.54, 1.807) is 25.1 Å². The molecule has 104 valence electrons. The van der Waals surface area contributed by atoms with Crippen LogP contribution >= 0.6 is 11.6 Å². The van der Waals surface area contributed by atoms with Gasteiger partial charge in [-0.3, -0.25) is 4.79 Å². The number of nitrogens with one attached hydrogen (secondary N) is 1. The highest BCUT2D eigenvalue weighted by Gasteiger charge is 2.15. The Bertz CT molecular complexity index is 689. The number of nitrogens with two attached hydrogens (primary N) is 1. The summed E-state index contributed by atoms with van der Waals surface area (Å²) in [4.78, 5) is 12.0. The van der Waals surface area contributed by atoms with Gasteiger partial charge in [0.05, 0.1) is 5.56 Å². The number of nitrogen functional groups attached to an aromatic ring is 1. The Morgan fingerprint density at radius 1 is 1.20 bits per heavy atom. The van der Waals surface area contributed by atoms with E-state index in [1.807, 2.05) is 0 Å². The maximum Gasteiger partial charge on any atom is 0.257 e. The molecular weight excluding hydrogens is 286 g/mol. The molecule has 2 rings (SSSR count). The second kappa shape index (κ2) is 5.46. The van der Waals surface area contributed by atoms with E-state index in [9.17, 15) is 13.6 Å². The molecule has 0 radical (unpaired) electrons. The van der Waals surface area contributed by atoms with Gasteiger partial charge < -0.3 is 11.1 Å². The molecule has 3 nitrogen and oxygen atoms in total. The van der Waals surface area contributed by atoms with E-state index in [0.717, 1.165) is 17.7 Å². The van der Waals surface area contributed by atoms with Crippen molar-refractivity contribution in [1.82, 2.24) is 0 Å². The van der Waals surface area contributed by atoms with Crippen molar-refractivity contribution in [2.45, 2.75) is 6.92 Å². The van der Waals surface area contributed by atoms with Gasteiger partial charge in [0.2, 0.25) is 0 Å². The number of benzene rings is 2. The van der Waals surface area contributed by atoms with Gasteiger partial charge in [0.15, 0.2) is 11.6 Å². The fourth-order valence-electron chi connectivity index (χ4n) is 1.68. The summed E-state index contributed by atoms with van der Waals surface area (Å²) < 4.78 is 26.1. The number of carbonyl (C=O) groups excluding carboxylic acids is 1. The lowest BCUT2D eigenvalue weighted by atomic mass is 10.1. The average molecular weight is 297 g/mol. The van der Waals surface area contributed by atoms with Crippen molar-refractivity contribution < 1.29 is 13.6 Å². The largest absolute Gasteiger partial charge is 0.398 e. The SMILES string of the molecule is Cc1ccc(Cl)cc1NC(=O)c1cc(F)c(F)cc1N. The zero-order valence-electron chi connectivity index (χ0n) is 10.5. The lowest BCUT2D eigenvalue weighted by Crippen LogP contribution is -2.15. The van der Waals surface area contributed by atoms with E-state index < -0.39 is 17.5 Å². The molecule has 0 saturated heterocycles. The molecule has 2 aromatic carbocycles. The molecule has 1 amide bonds. The molecule has 0 atom stereocenters. The highest BCUT2D eigenvalue weighted by atomic mass is 35.5. The van der Waals surface area contributed by atoms with Gasteiger partial charge in [-0.05, 0) is 30.7 Å². The quantitative estimate of drug-likeness (QED) is 0.829. The van der Waals surface area contributed by atoms with Crippen LogP contribution in [0.3, 0.4) is 0 Å². The Morgan fingerprint density at radius 2 is 1.85 bits per heavy atom. The molecule has 20 heavy (non-hydrogen) atoms. The first-order valence-corrected chi connectivity index (χ1v) is 6.08. The van der Waals surface area contributed by atoms with Gasteiger partial charge in [0.1, 0.15) is 0 Å². The highest BCUT2D eigenvalue weighted by molar-refractivity contribution is 6.31. The van der Waals surface area contributed by atoms with E-state index in [2.05, 4.69) is 5.32 Å². The van der Waals surface area contributed by atoms with Crippen molar-refractivity contribution in [2.24, 2.45) is 0 Å². The van der Waals surface area contributed by atoms with Gasteiger partial charge >= 0.3 is 0 Å². The molecule has 2 aromatic rings. The second-order valence-electron chi connectivity index (χ2n) is 4.27. The Morgan fingerprint density at radius 3 is 2.55 bits per heavy atom. The predicted octanol–water partition coefficient (Wildman–Crippen LogP) is 3.76. The van der Waals surface area contributed by atoms with Crippen LogP contribution in [0.5, 0.6) is 0 Å². The third-order valence-electron chi connectivity index (χ3n) is 2.78. The van der Waals surface area contributed by atoms with E-state index in [1.165, 1.54) is 0 Å². The second-order valence-corrected chi connectivity index (χ2v) is 4.70. The Balaban J connectivity index is 2.33. The van der Waals surface area contributed by atoms with Crippen LogP contribution in [0.15, 0.2) is 30.3 Å². The first kappa shape index (κ1) is 14.3. The maximum absolute atomic E-state index is 13.2. The van der Waals surface area contributed by atoms with Crippen LogP contribution in [0.4, 0.5) is 20.2 Å². The zero-order chi connectivity index (χ0) is 14.9. The number of hydrogen-bond donors (Lipinski definition) is 2. The molecule has 0 bridgehead atoms. The third-order valence-corrected chi connectivity index (χ3v) is 3.02. The van der Waals surface area contributed by atoms with Crippen molar-refractivity contribution in [3.63, 3.8) is 0 Å². The number of amides is 1. The van der Waals surface area contributed by atoms with E-state index in [0.29, 0.717) is 10.7 Å². The van der Waals surface area contributed by atoms with Gasteiger partial charge in [-0.2, -0.15) is 0 Å². The normalized spacial score (nSPS) is 10.4. The topological polar surface area (TPSA) is 55.1 Å². The average Bonchev–Trinajstić information content (AvgIpc) is 2.38. The van der Waals surface area contributed by atoms with Gasteiger partial charge in [-0.15, -0.1) is 0 Å². The summed E-state index contributed by atoms with van der Waals surface area (Å²) in [6, 6.07) is 6.50. The first-order chi connectivity index (χ1) is 9.38. The van der Waals surface area contributed by atoms with Gasteiger partial charge in [0, 0.05) is 22.5 Å². The number of rotatable bonds is 2. The van der Waals surface area contributed by atoms with E-state index >= 15 is 0 Å². The first-order valence-electron chi connectivity index (χ1n) is 5.70. The Kier molecular flexibility index (Phi) is 3.90. The van der Waals surface area contributed by atoms with Crippen LogP contribution in [0.1, 0.15) is 15.9 Å². The predicted molar refractivity (Wildman–Crippen MR) is 74.9 cm³/mol. The molecule has 6 heteroatoms. The fourth-order valence-corrected chi connectivity index (χ4v) is 1.85. The monoisotopic (exact) mass is 296 g/mol. The number of anilines is 2. The van der Waals surface area contributed by atoms with Crippen molar-refractivity contribution in [2.75, 3.05) is 11.1 Å². The van der Waals surface area contributed by atoms with E-state index in [-0.39, 0.29) is 11.3 Å². The molecule has 0 spiro atoms. The van der Waals surface area contributed by atoms with Crippen LogP contribution in [-0.4, -0.2) is 5.91 Å². The molecular formula is C14H11ClF2N2O. The highest BCUT2D eigenvalue weighted by Crippen LogP contribution is 2.23. The number of aryl methyl sites for hydroxylation is 1. The minimum atomic E-state index is -1.13. The summed E-state index contributed by atoms with van der Waals surface area (Å²) >= 11 is 5.84. The van der Waals surface area contributed by atoms with Gasteiger partial charge in [-0.1, -0.05) is 17.7 Å². The van der Waals surface area contributed by atoms with Gasteiger partial charge in [0.25, 0.3) is 5.91 Å². The van der Waals surface area contributed by atoms with Gasteiger partial charge in [-0.25, -0.2) is 8.78 Å². The molecule has 0 aliphatic rings. The maximum atomic E-state index is 13.2. The Hall–Kier alpha value is -2.14. The molecule has 0 saturated carbocycles. The van der Waals surface area contributed by atoms with Crippen molar-refractivity contribution in [3.05, 3.63) is 58.1 Å². The number of carbonyl (C=O) groups is 1. The molecule has 3 N–H and O–H groups in total. The standard InChI is InChI=1S/C14H11ClF2N2O/c1-7-2-3-8(15)4-13(7)19-14(20)9-5-10(16)11(17)6-12(9)18/h2-6H,18H2,1H3,(H,19,20).